The van der Waals surface area contributed by atoms with Gasteiger partial charge in [-0.1, -0.05) is 27.5 Å². The number of amides is 1. The first-order chi connectivity index (χ1) is 13.1. The van der Waals surface area contributed by atoms with Gasteiger partial charge in [0.15, 0.2) is 11.5 Å². The molecule has 1 amide bonds. The first kappa shape index (κ1) is 17.8. The molecule has 0 aliphatic carbocycles. The number of halogens is 2. The minimum atomic E-state index is -0.316. The van der Waals surface area contributed by atoms with Gasteiger partial charge < -0.3 is 9.47 Å². The summed E-state index contributed by atoms with van der Waals surface area (Å²) >= 11 is 9.57. The average Bonchev–Trinajstić information content (AvgIpc) is 2.67. The highest BCUT2D eigenvalue weighted by Gasteiger charge is 2.14. The van der Waals surface area contributed by atoms with Gasteiger partial charge in [0.1, 0.15) is 18.4 Å². The zero-order chi connectivity index (χ0) is 18.8. The number of carbonyl (C=O) groups excluding carboxylic acids is 1. The van der Waals surface area contributed by atoms with E-state index in [1.54, 1.807) is 30.3 Å². The molecule has 0 saturated carbocycles. The first-order valence-electron chi connectivity index (χ1n) is 8.09. The monoisotopic (exact) mass is 445 g/mol. The number of rotatable bonds is 3. The van der Waals surface area contributed by atoms with Crippen LogP contribution in [-0.4, -0.2) is 30.3 Å². The van der Waals surface area contributed by atoms with E-state index in [9.17, 15) is 4.79 Å². The molecule has 8 heteroatoms. The zero-order valence-corrected chi connectivity index (χ0v) is 16.3. The summed E-state index contributed by atoms with van der Waals surface area (Å²) in [7, 11) is 0. The fourth-order valence-corrected chi connectivity index (χ4v) is 3.08. The maximum absolute atomic E-state index is 12.1. The summed E-state index contributed by atoms with van der Waals surface area (Å²) in [5.41, 5.74) is 4.25. The Labute approximate surface area is 168 Å². The highest BCUT2D eigenvalue weighted by molar-refractivity contribution is 9.10. The lowest BCUT2D eigenvalue weighted by atomic mass is 10.1. The molecule has 0 radical (unpaired) electrons. The maximum atomic E-state index is 12.1. The molecule has 0 bridgehead atoms. The molecule has 0 unspecified atom stereocenters. The topological polar surface area (TPSA) is 72.8 Å². The van der Waals surface area contributed by atoms with Crippen molar-refractivity contribution in [2.24, 2.45) is 5.10 Å². The Morgan fingerprint density at radius 2 is 1.85 bits per heavy atom. The Bertz CT molecular complexity index is 1050. The normalized spacial score (nSPS) is 13.1. The summed E-state index contributed by atoms with van der Waals surface area (Å²) in [4.78, 5) is 16.5. The minimum Gasteiger partial charge on any atom is -0.486 e. The number of nitrogens with zero attached hydrogens (tertiary/aromatic N) is 2. The molecule has 1 aliphatic rings. The molecule has 0 atom stereocenters. The quantitative estimate of drug-likeness (QED) is 0.372. The van der Waals surface area contributed by atoms with Gasteiger partial charge >= 0.3 is 0 Å². The summed E-state index contributed by atoms with van der Waals surface area (Å²) in [6.07, 6.45) is 1.46. The third-order valence-electron chi connectivity index (χ3n) is 3.94. The molecule has 1 aliphatic heterocycles. The number of hydrazone groups is 1. The molecule has 1 N–H and O–H groups in total. The number of ether oxygens (including phenoxy) is 2. The number of hydrogen-bond donors (Lipinski definition) is 1. The van der Waals surface area contributed by atoms with Crippen molar-refractivity contribution in [2.45, 2.75) is 0 Å². The molecule has 27 heavy (non-hydrogen) atoms. The molecule has 0 saturated heterocycles. The van der Waals surface area contributed by atoms with Crippen molar-refractivity contribution in [1.29, 1.82) is 0 Å². The Balaban J connectivity index is 1.55. The summed E-state index contributed by atoms with van der Waals surface area (Å²) in [6, 6.07) is 12.5. The molecule has 0 fully saturated rings. The van der Waals surface area contributed by atoms with E-state index in [1.807, 2.05) is 12.1 Å². The van der Waals surface area contributed by atoms with Gasteiger partial charge in [-0.15, -0.1) is 0 Å². The second-order valence-electron chi connectivity index (χ2n) is 5.76. The Morgan fingerprint density at radius 3 is 2.59 bits per heavy atom. The molecule has 136 valence electrons. The van der Waals surface area contributed by atoms with Gasteiger partial charge in [0.2, 0.25) is 0 Å². The van der Waals surface area contributed by atoms with Crippen molar-refractivity contribution in [1.82, 2.24) is 10.4 Å². The third kappa shape index (κ3) is 3.89. The SMILES string of the molecule is O=C(N/N=C\c1cc2cc3c(cc2nc1Cl)OCCO3)c1ccc(Br)cc1. The smallest absolute Gasteiger partial charge is 0.271 e. The molecule has 2 aromatic carbocycles. The third-order valence-corrected chi connectivity index (χ3v) is 4.77. The van der Waals surface area contributed by atoms with Crippen molar-refractivity contribution in [2.75, 3.05) is 13.2 Å². The van der Waals surface area contributed by atoms with Crippen LogP contribution in [0.15, 0.2) is 52.0 Å². The van der Waals surface area contributed by atoms with Gasteiger partial charge in [-0.2, -0.15) is 5.10 Å². The fraction of sp³-hybridized carbons (Fsp3) is 0.105. The number of benzene rings is 2. The van der Waals surface area contributed by atoms with Crippen molar-refractivity contribution >= 4 is 50.6 Å². The van der Waals surface area contributed by atoms with Crippen LogP contribution in [0.5, 0.6) is 11.5 Å². The maximum Gasteiger partial charge on any atom is 0.271 e. The Hall–Kier alpha value is -2.64. The molecule has 0 spiro atoms. The van der Waals surface area contributed by atoms with Crippen LogP contribution >= 0.6 is 27.5 Å². The van der Waals surface area contributed by atoms with E-state index in [1.165, 1.54) is 6.21 Å². The fourth-order valence-electron chi connectivity index (χ4n) is 2.62. The highest BCUT2D eigenvalue weighted by atomic mass is 79.9. The van der Waals surface area contributed by atoms with Crippen molar-refractivity contribution in [3.63, 3.8) is 0 Å². The number of carbonyl (C=O) groups is 1. The van der Waals surface area contributed by atoms with E-state index in [-0.39, 0.29) is 11.1 Å². The van der Waals surface area contributed by atoms with Crippen molar-refractivity contribution in [3.8, 4) is 11.5 Å². The number of pyridine rings is 1. The van der Waals surface area contributed by atoms with E-state index in [2.05, 4.69) is 31.4 Å². The van der Waals surface area contributed by atoms with Crippen molar-refractivity contribution in [3.05, 3.63) is 63.2 Å². The number of aromatic nitrogens is 1. The first-order valence-corrected chi connectivity index (χ1v) is 9.26. The predicted octanol–water partition coefficient (Wildman–Crippen LogP) is 4.19. The van der Waals surface area contributed by atoms with Crippen LogP contribution in [0.4, 0.5) is 0 Å². The van der Waals surface area contributed by atoms with E-state index >= 15 is 0 Å². The lowest BCUT2D eigenvalue weighted by Crippen LogP contribution is -2.17. The lowest BCUT2D eigenvalue weighted by molar-refractivity contribution is 0.0955. The lowest BCUT2D eigenvalue weighted by Gasteiger charge is -2.18. The van der Waals surface area contributed by atoms with Crippen LogP contribution in [0.3, 0.4) is 0 Å². The Kier molecular flexibility index (Phi) is 4.96. The molecule has 3 aromatic rings. The van der Waals surface area contributed by atoms with Gasteiger partial charge in [0.25, 0.3) is 5.91 Å². The highest BCUT2D eigenvalue weighted by Crippen LogP contribution is 2.34. The molecule has 2 heterocycles. The van der Waals surface area contributed by atoms with E-state index < -0.39 is 0 Å². The molecule has 6 nitrogen and oxygen atoms in total. The summed E-state index contributed by atoms with van der Waals surface area (Å²) < 4.78 is 12.0. The number of fused-ring (bicyclic) bond motifs is 2. The van der Waals surface area contributed by atoms with Crippen LogP contribution in [0.2, 0.25) is 5.15 Å². The molecule has 4 rings (SSSR count). The van der Waals surface area contributed by atoms with Gasteiger partial charge in [-0.25, -0.2) is 10.4 Å². The van der Waals surface area contributed by atoms with Gasteiger partial charge in [-0.3, -0.25) is 4.79 Å². The number of nitrogens with one attached hydrogen (secondary N) is 1. The Morgan fingerprint density at radius 1 is 1.15 bits per heavy atom. The minimum absolute atomic E-state index is 0.279. The van der Waals surface area contributed by atoms with Gasteiger partial charge in [-0.05, 0) is 36.4 Å². The molecule has 1 aromatic heterocycles. The van der Waals surface area contributed by atoms with E-state index in [0.717, 1.165) is 9.86 Å². The van der Waals surface area contributed by atoms with Crippen molar-refractivity contribution < 1.29 is 14.3 Å². The van der Waals surface area contributed by atoms with E-state index in [0.29, 0.717) is 41.4 Å². The van der Waals surface area contributed by atoms with Crippen LogP contribution < -0.4 is 14.9 Å². The zero-order valence-electron chi connectivity index (χ0n) is 13.9. The van der Waals surface area contributed by atoms with Crippen LogP contribution in [0, 0.1) is 0 Å². The summed E-state index contributed by atoms with van der Waals surface area (Å²) in [5.74, 6) is 1.01. The molecular weight excluding hydrogens is 434 g/mol. The predicted molar refractivity (Wildman–Crippen MR) is 107 cm³/mol. The number of hydrogen-bond acceptors (Lipinski definition) is 5. The average molecular weight is 447 g/mol. The van der Waals surface area contributed by atoms with Crippen LogP contribution in [0.1, 0.15) is 15.9 Å². The van der Waals surface area contributed by atoms with Gasteiger partial charge in [0.05, 0.1) is 11.7 Å². The summed E-state index contributed by atoms with van der Waals surface area (Å²) in [5, 5.41) is 5.09. The van der Waals surface area contributed by atoms with Crippen LogP contribution in [-0.2, 0) is 0 Å². The summed E-state index contributed by atoms with van der Waals surface area (Å²) in [6.45, 7) is 1.02. The molecular formula is C19H13BrClN3O3. The second kappa shape index (κ2) is 7.54. The second-order valence-corrected chi connectivity index (χ2v) is 7.04. The van der Waals surface area contributed by atoms with Crippen LogP contribution in [0.25, 0.3) is 10.9 Å². The largest absolute Gasteiger partial charge is 0.486 e. The van der Waals surface area contributed by atoms with Gasteiger partial charge in [0, 0.05) is 27.1 Å². The standard InChI is InChI=1S/C19H13BrClN3O3/c20-14-3-1-11(2-4-14)19(25)24-22-10-13-7-12-8-16-17(27-6-5-26-16)9-15(12)23-18(13)21/h1-4,7-10H,5-6H2,(H,24,25)/b22-10-. The van der Waals surface area contributed by atoms with E-state index in [4.69, 9.17) is 21.1 Å².